The summed E-state index contributed by atoms with van der Waals surface area (Å²) < 4.78 is 16.7. The van der Waals surface area contributed by atoms with Crippen molar-refractivity contribution in [3.8, 4) is 23.0 Å². The monoisotopic (exact) mass is 461 g/mol. The van der Waals surface area contributed by atoms with Crippen molar-refractivity contribution in [2.75, 3.05) is 19.0 Å². The molecule has 8 heteroatoms. The van der Waals surface area contributed by atoms with Gasteiger partial charge in [0.25, 0.3) is 5.22 Å². The summed E-state index contributed by atoms with van der Waals surface area (Å²) in [7, 11) is 1.61. The predicted molar refractivity (Wildman–Crippen MR) is 128 cm³/mol. The summed E-state index contributed by atoms with van der Waals surface area (Å²) in [6.45, 7) is 2.40. The van der Waals surface area contributed by atoms with Gasteiger partial charge in [-0.15, -0.1) is 10.2 Å². The predicted octanol–water partition coefficient (Wildman–Crippen LogP) is 5.62. The van der Waals surface area contributed by atoms with Crippen LogP contribution in [0.3, 0.4) is 0 Å². The van der Waals surface area contributed by atoms with E-state index in [0.717, 1.165) is 16.9 Å². The fourth-order valence-electron chi connectivity index (χ4n) is 3.16. The lowest BCUT2D eigenvalue weighted by atomic mass is 10.1. The Hall–Kier alpha value is -3.78. The van der Waals surface area contributed by atoms with Gasteiger partial charge in [-0.3, -0.25) is 4.79 Å². The lowest BCUT2D eigenvalue weighted by Crippen LogP contribution is -2.19. The second-order valence-electron chi connectivity index (χ2n) is 6.93. The number of hydrogen-bond acceptors (Lipinski definition) is 7. The Balaban J connectivity index is 1.57. The Labute approximate surface area is 196 Å². The first kappa shape index (κ1) is 22.4. The third-order valence-corrected chi connectivity index (χ3v) is 5.84. The van der Waals surface area contributed by atoms with Crippen LogP contribution in [0.15, 0.2) is 88.5 Å². The lowest BCUT2D eigenvalue weighted by Gasteiger charge is -2.17. The largest absolute Gasteiger partial charge is 0.497 e. The molecule has 1 N–H and O–H groups in total. The second-order valence-corrected chi connectivity index (χ2v) is 7.98. The quantitative estimate of drug-likeness (QED) is 0.324. The number of anilines is 1. The van der Waals surface area contributed by atoms with Crippen molar-refractivity contribution < 1.29 is 18.7 Å². The van der Waals surface area contributed by atoms with Crippen LogP contribution >= 0.6 is 11.8 Å². The van der Waals surface area contributed by atoms with E-state index < -0.39 is 5.25 Å². The first-order valence-corrected chi connectivity index (χ1v) is 11.3. The Kier molecular flexibility index (Phi) is 7.26. The molecule has 7 nitrogen and oxygen atoms in total. The molecule has 4 rings (SSSR count). The normalized spacial score (nSPS) is 11.6. The molecule has 0 fully saturated rings. The summed E-state index contributed by atoms with van der Waals surface area (Å²) in [4.78, 5) is 13.3. The molecule has 0 saturated carbocycles. The Bertz CT molecular complexity index is 1200. The molecule has 0 aliphatic rings. The van der Waals surface area contributed by atoms with Crippen molar-refractivity contribution in [3.05, 3.63) is 84.4 Å². The van der Waals surface area contributed by atoms with E-state index in [4.69, 9.17) is 13.9 Å². The smallest absolute Gasteiger partial charge is 0.277 e. The van der Waals surface area contributed by atoms with Gasteiger partial charge in [0.1, 0.15) is 16.7 Å². The zero-order chi connectivity index (χ0) is 23.0. The molecule has 1 heterocycles. The number of rotatable bonds is 9. The van der Waals surface area contributed by atoms with E-state index in [1.807, 2.05) is 85.8 Å². The van der Waals surface area contributed by atoms with Crippen molar-refractivity contribution in [2.24, 2.45) is 0 Å². The number of carbonyl (C=O) groups is 1. The number of hydrogen-bond donors (Lipinski definition) is 1. The minimum absolute atomic E-state index is 0.220. The van der Waals surface area contributed by atoms with Gasteiger partial charge in [-0.1, -0.05) is 42.5 Å². The number of carbonyl (C=O) groups excluding carboxylic acids is 1. The topological polar surface area (TPSA) is 86.5 Å². The van der Waals surface area contributed by atoms with Crippen LogP contribution in [0, 0.1) is 0 Å². The summed E-state index contributed by atoms with van der Waals surface area (Å²) in [5, 5.41) is 11.0. The summed E-state index contributed by atoms with van der Waals surface area (Å²) in [6.07, 6.45) is 0. The Morgan fingerprint density at radius 3 is 2.45 bits per heavy atom. The van der Waals surface area contributed by atoms with E-state index in [1.54, 1.807) is 7.11 Å². The van der Waals surface area contributed by atoms with Gasteiger partial charge in [0.05, 0.1) is 19.4 Å². The van der Waals surface area contributed by atoms with Crippen LogP contribution in [0.2, 0.25) is 0 Å². The molecule has 1 amide bonds. The van der Waals surface area contributed by atoms with E-state index in [9.17, 15) is 4.79 Å². The van der Waals surface area contributed by atoms with E-state index in [0.29, 0.717) is 29.2 Å². The first-order chi connectivity index (χ1) is 16.2. The van der Waals surface area contributed by atoms with Crippen LogP contribution in [-0.4, -0.2) is 29.8 Å². The molecule has 0 saturated heterocycles. The number of methoxy groups -OCH3 is 1. The summed E-state index contributed by atoms with van der Waals surface area (Å²) in [6, 6.07) is 24.1. The Morgan fingerprint density at radius 1 is 1.00 bits per heavy atom. The van der Waals surface area contributed by atoms with Crippen molar-refractivity contribution in [3.63, 3.8) is 0 Å². The molecule has 0 unspecified atom stereocenters. The Morgan fingerprint density at radius 2 is 1.73 bits per heavy atom. The highest BCUT2D eigenvalue weighted by atomic mass is 32.2. The van der Waals surface area contributed by atoms with Crippen LogP contribution in [-0.2, 0) is 4.79 Å². The van der Waals surface area contributed by atoms with Gasteiger partial charge in [-0.05, 0) is 60.6 Å². The maximum atomic E-state index is 13.3. The summed E-state index contributed by atoms with van der Waals surface area (Å²) in [5.41, 5.74) is 2.19. The van der Waals surface area contributed by atoms with Crippen LogP contribution in [0.4, 0.5) is 5.69 Å². The van der Waals surface area contributed by atoms with Crippen LogP contribution in [0.1, 0.15) is 17.7 Å². The van der Waals surface area contributed by atoms with Crippen LogP contribution < -0.4 is 14.8 Å². The SMILES string of the molecule is CCOc1ccccc1NC(=O)[C@@H](Sc1nnc(-c2ccc(OC)cc2)o1)c1ccccc1. The molecule has 1 aromatic heterocycles. The van der Waals surface area contributed by atoms with Gasteiger partial charge in [0.2, 0.25) is 11.8 Å². The fraction of sp³-hybridized carbons (Fsp3) is 0.160. The van der Waals surface area contributed by atoms with Crippen molar-refractivity contribution >= 4 is 23.4 Å². The number of nitrogens with zero attached hydrogens (tertiary/aromatic N) is 2. The van der Waals surface area contributed by atoms with Gasteiger partial charge < -0.3 is 19.2 Å². The molecule has 3 aromatic carbocycles. The van der Waals surface area contributed by atoms with Crippen LogP contribution in [0.25, 0.3) is 11.5 Å². The molecule has 0 bridgehead atoms. The molecule has 33 heavy (non-hydrogen) atoms. The number of amides is 1. The number of ether oxygens (including phenoxy) is 2. The fourth-order valence-corrected chi connectivity index (χ4v) is 4.03. The average molecular weight is 462 g/mol. The average Bonchev–Trinajstić information content (AvgIpc) is 3.33. The molecule has 0 spiro atoms. The lowest BCUT2D eigenvalue weighted by molar-refractivity contribution is -0.115. The van der Waals surface area contributed by atoms with Crippen molar-refractivity contribution in [2.45, 2.75) is 17.4 Å². The highest BCUT2D eigenvalue weighted by Gasteiger charge is 2.26. The minimum Gasteiger partial charge on any atom is -0.497 e. The van der Waals surface area contributed by atoms with Crippen molar-refractivity contribution in [1.82, 2.24) is 10.2 Å². The molecular weight excluding hydrogens is 438 g/mol. The number of aromatic nitrogens is 2. The highest BCUT2D eigenvalue weighted by molar-refractivity contribution is 8.00. The molecule has 4 aromatic rings. The number of thioether (sulfide) groups is 1. The molecular formula is C25H23N3O4S. The zero-order valence-corrected chi connectivity index (χ0v) is 19.0. The van der Waals surface area contributed by atoms with Gasteiger partial charge in [0, 0.05) is 5.56 Å². The van der Waals surface area contributed by atoms with E-state index in [2.05, 4.69) is 15.5 Å². The maximum Gasteiger partial charge on any atom is 0.277 e. The summed E-state index contributed by atoms with van der Waals surface area (Å²) >= 11 is 1.19. The minimum atomic E-state index is -0.606. The summed E-state index contributed by atoms with van der Waals surface area (Å²) in [5.74, 6) is 1.50. The van der Waals surface area contributed by atoms with E-state index in [-0.39, 0.29) is 5.91 Å². The van der Waals surface area contributed by atoms with Crippen molar-refractivity contribution in [1.29, 1.82) is 0 Å². The van der Waals surface area contributed by atoms with Gasteiger partial charge in [0.15, 0.2) is 0 Å². The second kappa shape index (κ2) is 10.7. The maximum absolute atomic E-state index is 13.3. The van der Waals surface area contributed by atoms with Gasteiger partial charge >= 0.3 is 0 Å². The van der Waals surface area contributed by atoms with Crippen LogP contribution in [0.5, 0.6) is 11.5 Å². The van der Waals surface area contributed by atoms with E-state index >= 15 is 0 Å². The standard InChI is InChI=1S/C25H23N3O4S/c1-3-31-21-12-8-7-11-20(21)26-23(29)22(17-9-5-4-6-10-17)33-25-28-27-24(32-25)18-13-15-19(30-2)16-14-18/h4-16,22H,3H2,1-2H3,(H,26,29)/t22-/m0/s1. The molecule has 1 atom stereocenters. The number of benzene rings is 3. The molecule has 168 valence electrons. The third kappa shape index (κ3) is 5.53. The molecule has 0 radical (unpaired) electrons. The molecule has 0 aliphatic carbocycles. The first-order valence-electron chi connectivity index (χ1n) is 10.4. The zero-order valence-electron chi connectivity index (χ0n) is 18.2. The number of para-hydroxylation sites is 2. The third-order valence-electron chi connectivity index (χ3n) is 4.75. The van der Waals surface area contributed by atoms with E-state index in [1.165, 1.54) is 11.8 Å². The molecule has 0 aliphatic heterocycles. The van der Waals surface area contributed by atoms with Gasteiger partial charge in [-0.2, -0.15) is 0 Å². The highest BCUT2D eigenvalue weighted by Crippen LogP contribution is 2.37. The van der Waals surface area contributed by atoms with Gasteiger partial charge in [-0.25, -0.2) is 0 Å². The number of nitrogens with one attached hydrogen (secondary N) is 1.